The quantitative estimate of drug-likeness (QED) is 0.314. The summed E-state index contributed by atoms with van der Waals surface area (Å²) in [6.07, 6.45) is 1.53. The summed E-state index contributed by atoms with van der Waals surface area (Å²) >= 11 is 0. The standard InChI is InChI=1S/C15H12O2.Na/c16-11-10-15(17)14-8-6-13(7-9-14)12-4-2-1-3-5-12;/h1-11,16H;/q;+1/p-1. The van der Waals surface area contributed by atoms with Gasteiger partial charge in [0.15, 0.2) is 5.78 Å². The number of hydrogen-bond donors (Lipinski definition) is 0. The molecular formula is C15H11NaO2. The van der Waals surface area contributed by atoms with Crippen LogP contribution < -0.4 is 34.7 Å². The molecular weight excluding hydrogens is 235 g/mol. The zero-order valence-corrected chi connectivity index (χ0v) is 12.2. The van der Waals surface area contributed by atoms with Crippen molar-refractivity contribution in [3.8, 4) is 11.1 Å². The molecule has 0 amide bonds. The van der Waals surface area contributed by atoms with E-state index in [1.807, 2.05) is 42.5 Å². The van der Waals surface area contributed by atoms with Crippen molar-refractivity contribution < 1.29 is 39.5 Å². The van der Waals surface area contributed by atoms with Crippen molar-refractivity contribution in [1.82, 2.24) is 0 Å². The Balaban J connectivity index is 0.00000162. The summed E-state index contributed by atoms with van der Waals surface area (Å²) < 4.78 is 0. The maximum absolute atomic E-state index is 11.4. The van der Waals surface area contributed by atoms with Crippen LogP contribution in [0.4, 0.5) is 0 Å². The summed E-state index contributed by atoms with van der Waals surface area (Å²) in [5.74, 6) is -0.264. The smallest absolute Gasteiger partial charge is 0.878 e. The van der Waals surface area contributed by atoms with Crippen LogP contribution in [0, 0.1) is 0 Å². The van der Waals surface area contributed by atoms with Crippen molar-refractivity contribution >= 4 is 5.78 Å². The van der Waals surface area contributed by atoms with Crippen molar-refractivity contribution in [2.24, 2.45) is 0 Å². The molecule has 84 valence electrons. The maximum Gasteiger partial charge on any atom is 1.00 e. The van der Waals surface area contributed by atoms with Gasteiger partial charge in [0, 0.05) is 5.56 Å². The van der Waals surface area contributed by atoms with Gasteiger partial charge in [0.1, 0.15) is 0 Å². The first-order valence-corrected chi connectivity index (χ1v) is 5.29. The molecule has 0 bridgehead atoms. The van der Waals surface area contributed by atoms with Crippen LogP contribution in [0.25, 0.3) is 11.1 Å². The largest absolute Gasteiger partial charge is 1.00 e. The number of carbonyl (C=O) groups excluding carboxylic acids is 1. The molecule has 0 aliphatic carbocycles. The third-order valence-corrected chi connectivity index (χ3v) is 2.50. The van der Waals surface area contributed by atoms with Crippen LogP contribution in [-0.4, -0.2) is 5.78 Å². The maximum atomic E-state index is 11.4. The number of carbonyl (C=O) groups is 1. The van der Waals surface area contributed by atoms with Crippen molar-refractivity contribution in [3.63, 3.8) is 0 Å². The van der Waals surface area contributed by atoms with E-state index in [1.54, 1.807) is 12.1 Å². The summed E-state index contributed by atoms with van der Waals surface area (Å²) in [5, 5.41) is 10.2. The van der Waals surface area contributed by atoms with Crippen molar-refractivity contribution in [2.75, 3.05) is 0 Å². The monoisotopic (exact) mass is 246 g/mol. The molecule has 0 saturated heterocycles. The second-order valence-electron chi connectivity index (χ2n) is 3.61. The molecule has 0 unspecified atom stereocenters. The van der Waals surface area contributed by atoms with E-state index in [-0.39, 0.29) is 35.3 Å². The normalized spacial score (nSPS) is 10.0. The van der Waals surface area contributed by atoms with E-state index in [2.05, 4.69) is 0 Å². The Kier molecular flexibility index (Phi) is 5.86. The molecule has 3 heteroatoms. The number of allylic oxidation sites excluding steroid dienone is 1. The van der Waals surface area contributed by atoms with Gasteiger partial charge in [-0.3, -0.25) is 4.79 Å². The molecule has 2 rings (SSSR count). The predicted octanol–water partition coefficient (Wildman–Crippen LogP) is -0.586. The van der Waals surface area contributed by atoms with Gasteiger partial charge in [-0.2, -0.15) is 0 Å². The molecule has 2 nitrogen and oxygen atoms in total. The summed E-state index contributed by atoms with van der Waals surface area (Å²) in [7, 11) is 0. The Hall–Kier alpha value is -1.35. The minimum atomic E-state index is -0.264. The average Bonchev–Trinajstić information content (AvgIpc) is 2.40. The van der Waals surface area contributed by atoms with E-state index in [0.29, 0.717) is 11.8 Å². The van der Waals surface area contributed by atoms with E-state index in [9.17, 15) is 9.90 Å². The first-order chi connectivity index (χ1) is 8.31. The van der Waals surface area contributed by atoms with Crippen LogP contribution in [0.15, 0.2) is 66.9 Å². The Morgan fingerprint density at radius 2 is 1.44 bits per heavy atom. The first-order valence-electron chi connectivity index (χ1n) is 5.29. The van der Waals surface area contributed by atoms with Gasteiger partial charge in [-0.1, -0.05) is 54.6 Å². The Labute approximate surface area is 128 Å². The Morgan fingerprint density at radius 3 is 2.00 bits per heavy atom. The SMILES string of the molecule is O=C(C=C[O-])c1ccc(-c2ccccc2)cc1.[Na+]. The van der Waals surface area contributed by atoms with E-state index in [0.717, 1.165) is 17.2 Å². The van der Waals surface area contributed by atoms with Crippen LogP contribution >= 0.6 is 0 Å². The van der Waals surface area contributed by atoms with Gasteiger partial charge in [-0.25, -0.2) is 0 Å². The van der Waals surface area contributed by atoms with Crippen LogP contribution in [0.2, 0.25) is 0 Å². The van der Waals surface area contributed by atoms with Gasteiger partial charge in [-0.05, 0) is 17.2 Å². The third-order valence-electron chi connectivity index (χ3n) is 2.50. The van der Waals surface area contributed by atoms with Crippen LogP contribution in [0.5, 0.6) is 0 Å². The molecule has 0 N–H and O–H groups in total. The van der Waals surface area contributed by atoms with E-state index in [1.165, 1.54) is 0 Å². The molecule has 0 spiro atoms. The third kappa shape index (κ3) is 3.57. The molecule has 2 aromatic rings. The van der Waals surface area contributed by atoms with Gasteiger partial charge in [0.05, 0.1) is 0 Å². The summed E-state index contributed by atoms with van der Waals surface area (Å²) in [4.78, 5) is 11.4. The van der Waals surface area contributed by atoms with Crippen molar-refractivity contribution in [1.29, 1.82) is 0 Å². The van der Waals surface area contributed by atoms with Gasteiger partial charge >= 0.3 is 29.6 Å². The van der Waals surface area contributed by atoms with Gasteiger partial charge in [0.2, 0.25) is 0 Å². The fraction of sp³-hybridized carbons (Fsp3) is 0. The molecule has 2 aromatic carbocycles. The van der Waals surface area contributed by atoms with Crippen molar-refractivity contribution in [3.05, 3.63) is 72.5 Å². The molecule has 0 saturated carbocycles. The van der Waals surface area contributed by atoms with Crippen LogP contribution in [-0.2, 0) is 0 Å². The number of ketones is 1. The number of hydrogen-bond acceptors (Lipinski definition) is 2. The molecule has 0 fully saturated rings. The predicted molar refractivity (Wildman–Crippen MR) is 65.3 cm³/mol. The molecule has 0 radical (unpaired) electrons. The molecule has 0 atom stereocenters. The molecule has 18 heavy (non-hydrogen) atoms. The van der Waals surface area contributed by atoms with E-state index in [4.69, 9.17) is 0 Å². The minimum absolute atomic E-state index is 0. The molecule has 0 aliphatic heterocycles. The van der Waals surface area contributed by atoms with Gasteiger partial charge in [0.25, 0.3) is 0 Å². The number of benzene rings is 2. The topological polar surface area (TPSA) is 40.1 Å². The van der Waals surface area contributed by atoms with Gasteiger partial charge in [-0.15, -0.1) is 6.26 Å². The average molecular weight is 246 g/mol. The minimum Gasteiger partial charge on any atom is -0.878 e. The second kappa shape index (κ2) is 7.17. The van der Waals surface area contributed by atoms with Gasteiger partial charge < -0.3 is 5.11 Å². The fourth-order valence-corrected chi connectivity index (χ4v) is 1.62. The Bertz CT molecular complexity index is 530. The van der Waals surface area contributed by atoms with E-state index < -0.39 is 0 Å². The van der Waals surface area contributed by atoms with E-state index >= 15 is 0 Å². The number of rotatable bonds is 3. The van der Waals surface area contributed by atoms with Crippen LogP contribution in [0.3, 0.4) is 0 Å². The zero-order valence-electron chi connectivity index (χ0n) is 10.2. The Morgan fingerprint density at radius 1 is 0.889 bits per heavy atom. The molecule has 0 aromatic heterocycles. The van der Waals surface area contributed by atoms with Crippen LogP contribution in [0.1, 0.15) is 10.4 Å². The fourth-order valence-electron chi connectivity index (χ4n) is 1.62. The molecule has 0 heterocycles. The summed E-state index contributed by atoms with van der Waals surface area (Å²) in [5.41, 5.74) is 2.68. The summed E-state index contributed by atoms with van der Waals surface area (Å²) in [6, 6.07) is 17.1. The molecule has 0 aliphatic rings. The second-order valence-corrected chi connectivity index (χ2v) is 3.61. The first kappa shape index (κ1) is 14.7. The summed E-state index contributed by atoms with van der Waals surface area (Å²) in [6.45, 7) is 0. The van der Waals surface area contributed by atoms with Crippen molar-refractivity contribution in [2.45, 2.75) is 0 Å². The zero-order chi connectivity index (χ0) is 12.1.